The van der Waals surface area contributed by atoms with Gasteiger partial charge in [-0.1, -0.05) is 86.1 Å². The maximum Gasteiger partial charge on any atom is 0.228 e. The minimum Gasteiger partial charge on any atom is -0.324 e. The summed E-state index contributed by atoms with van der Waals surface area (Å²) in [6.07, 6.45) is 2.82. The third-order valence-corrected chi connectivity index (χ3v) is 6.49. The Morgan fingerprint density at radius 3 is 1.90 bits per heavy atom. The molecule has 3 aromatic rings. The van der Waals surface area contributed by atoms with Crippen LogP contribution in [-0.4, -0.2) is 5.91 Å². The molecule has 1 aliphatic carbocycles. The molecule has 0 bridgehead atoms. The molecule has 1 atom stereocenters. The second kappa shape index (κ2) is 8.04. The highest BCUT2D eigenvalue weighted by molar-refractivity contribution is 6.33. The maximum absolute atomic E-state index is 13.2. The van der Waals surface area contributed by atoms with Gasteiger partial charge in [-0.2, -0.15) is 0 Å². The molecule has 0 unspecified atom stereocenters. The number of rotatable bonds is 6. The van der Waals surface area contributed by atoms with Gasteiger partial charge >= 0.3 is 0 Å². The van der Waals surface area contributed by atoms with Crippen molar-refractivity contribution >= 4 is 23.2 Å². The Morgan fingerprint density at radius 1 is 0.897 bits per heavy atom. The molecule has 0 aliphatic heterocycles. The number of halogens is 1. The first-order chi connectivity index (χ1) is 14.1. The summed E-state index contributed by atoms with van der Waals surface area (Å²) in [6, 6.07) is 24.9. The van der Waals surface area contributed by atoms with Crippen molar-refractivity contribution in [3.63, 3.8) is 0 Å². The van der Waals surface area contributed by atoms with Gasteiger partial charge in [0, 0.05) is 5.41 Å². The van der Waals surface area contributed by atoms with E-state index in [1.54, 1.807) is 6.07 Å². The number of aryl methyl sites for hydroxylation is 2. The summed E-state index contributed by atoms with van der Waals surface area (Å²) < 4.78 is 0. The number of hydrogen-bond donors (Lipinski definition) is 1. The van der Waals surface area contributed by atoms with Gasteiger partial charge in [0.2, 0.25) is 5.91 Å². The standard InChI is InChI=1S/C26H26ClNO/c1-3-18-9-13-20(14-10-18)26(21-15-11-19(4-2)12-16-21)17-22(26)25(29)28-24-8-6-5-7-23(24)27/h5-16,22H,3-4,17H2,1-2H3,(H,28,29)/t22-/m1/s1. The van der Waals surface area contributed by atoms with Crippen molar-refractivity contribution in [2.75, 3.05) is 5.32 Å². The number of anilines is 1. The van der Waals surface area contributed by atoms with E-state index >= 15 is 0 Å². The fourth-order valence-corrected chi connectivity index (χ4v) is 4.43. The molecule has 1 amide bonds. The monoisotopic (exact) mass is 403 g/mol. The first kappa shape index (κ1) is 19.7. The van der Waals surface area contributed by atoms with E-state index in [-0.39, 0.29) is 17.2 Å². The zero-order valence-electron chi connectivity index (χ0n) is 16.9. The van der Waals surface area contributed by atoms with Crippen LogP contribution in [0.5, 0.6) is 0 Å². The first-order valence-corrected chi connectivity index (χ1v) is 10.7. The Bertz CT molecular complexity index is 960. The fraction of sp³-hybridized carbons (Fsp3) is 0.269. The van der Waals surface area contributed by atoms with Crippen LogP contribution in [0.15, 0.2) is 72.8 Å². The average Bonchev–Trinajstić information content (AvgIpc) is 3.52. The van der Waals surface area contributed by atoms with Crippen LogP contribution in [0.4, 0.5) is 5.69 Å². The lowest BCUT2D eigenvalue weighted by molar-refractivity contribution is -0.117. The van der Waals surface area contributed by atoms with Crippen molar-refractivity contribution in [3.05, 3.63) is 100 Å². The molecule has 0 radical (unpaired) electrons. The van der Waals surface area contributed by atoms with Gasteiger partial charge in [0.1, 0.15) is 0 Å². The Morgan fingerprint density at radius 2 is 1.41 bits per heavy atom. The maximum atomic E-state index is 13.2. The van der Waals surface area contributed by atoms with Gasteiger partial charge < -0.3 is 5.32 Å². The molecule has 148 valence electrons. The quantitative estimate of drug-likeness (QED) is 0.506. The van der Waals surface area contributed by atoms with Gasteiger partial charge in [-0.3, -0.25) is 4.79 Å². The van der Waals surface area contributed by atoms with Crippen LogP contribution in [0, 0.1) is 5.92 Å². The lowest BCUT2D eigenvalue weighted by Gasteiger charge is -2.20. The zero-order valence-corrected chi connectivity index (χ0v) is 17.7. The molecule has 2 nitrogen and oxygen atoms in total. The lowest BCUT2D eigenvalue weighted by Crippen LogP contribution is -2.22. The minimum absolute atomic E-state index is 0.0252. The Balaban J connectivity index is 1.68. The Kier molecular flexibility index (Phi) is 5.47. The molecule has 1 saturated carbocycles. The molecule has 1 fully saturated rings. The molecule has 4 rings (SSSR count). The second-order valence-corrected chi connectivity index (χ2v) is 8.21. The third-order valence-electron chi connectivity index (χ3n) is 6.16. The van der Waals surface area contributed by atoms with Crippen LogP contribution in [-0.2, 0) is 23.1 Å². The number of benzene rings is 3. The largest absolute Gasteiger partial charge is 0.324 e. The molecule has 0 heterocycles. The number of nitrogens with one attached hydrogen (secondary N) is 1. The summed E-state index contributed by atoms with van der Waals surface area (Å²) in [5, 5.41) is 3.60. The number of para-hydroxylation sites is 1. The molecule has 0 saturated heterocycles. The highest BCUT2D eigenvalue weighted by Crippen LogP contribution is 2.59. The van der Waals surface area contributed by atoms with Gasteiger partial charge in [-0.15, -0.1) is 0 Å². The number of carbonyl (C=O) groups is 1. The van der Waals surface area contributed by atoms with Gasteiger partial charge in [-0.25, -0.2) is 0 Å². The van der Waals surface area contributed by atoms with Crippen molar-refractivity contribution in [2.45, 2.75) is 38.5 Å². The van der Waals surface area contributed by atoms with E-state index in [4.69, 9.17) is 11.6 Å². The van der Waals surface area contributed by atoms with Gasteiger partial charge in [0.15, 0.2) is 0 Å². The van der Waals surface area contributed by atoms with Crippen LogP contribution in [0.1, 0.15) is 42.5 Å². The Labute approximate surface area is 177 Å². The lowest BCUT2D eigenvalue weighted by atomic mass is 9.84. The van der Waals surface area contributed by atoms with E-state index in [0.717, 1.165) is 19.3 Å². The summed E-state index contributed by atoms with van der Waals surface area (Å²) in [5.41, 5.74) is 5.43. The smallest absolute Gasteiger partial charge is 0.228 e. The predicted octanol–water partition coefficient (Wildman–Crippen LogP) is 6.41. The van der Waals surface area contributed by atoms with Crippen LogP contribution in [0.3, 0.4) is 0 Å². The summed E-state index contributed by atoms with van der Waals surface area (Å²) in [7, 11) is 0. The average molecular weight is 404 g/mol. The molecule has 29 heavy (non-hydrogen) atoms. The summed E-state index contributed by atoms with van der Waals surface area (Å²) in [4.78, 5) is 13.2. The zero-order chi connectivity index (χ0) is 20.4. The summed E-state index contributed by atoms with van der Waals surface area (Å²) >= 11 is 6.25. The fourth-order valence-electron chi connectivity index (χ4n) is 4.24. The van der Waals surface area contributed by atoms with Crippen molar-refractivity contribution in [1.29, 1.82) is 0 Å². The van der Waals surface area contributed by atoms with E-state index in [1.165, 1.54) is 22.3 Å². The predicted molar refractivity (Wildman–Crippen MR) is 121 cm³/mol. The number of carbonyl (C=O) groups excluding carboxylic acids is 1. The van der Waals surface area contributed by atoms with Gasteiger partial charge in [-0.05, 0) is 53.6 Å². The van der Waals surface area contributed by atoms with E-state index < -0.39 is 0 Å². The normalized spacial score (nSPS) is 17.0. The molecule has 1 aliphatic rings. The summed E-state index contributed by atoms with van der Waals surface area (Å²) in [6.45, 7) is 4.32. The van der Waals surface area contributed by atoms with Crippen LogP contribution >= 0.6 is 11.6 Å². The highest BCUT2D eigenvalue weighted by atomic mass is 35.5. The first-order valence-electron chi connectivity index (χ1n) is 10.3. The Hall–Kier alpha value is -2.58. The van der Waals surface area contributed by atoms with E-state index in [9.17, 15) is 4.79 Å². The second-order valence-electron chi connectivity index (χ2n) is 7.80. The highest BCUT2D eigenvalue weighted by Gasteiger charge is 2.60. The molecule has 3 heteroatoms. The molecular formula is C26H26ClNO. The van der Waals surface area contributed by atoms with Gasteiger partial charge in [0.05, 0.1) is 16.6 Å². The van der Waals surface area contributed by atoms with Crippen LogP contribution < -0.4 is 5.32 Å². The third kappa shape index (κ3) is 3.70. The van der Waals surface area contributed by atoms with Crippen molar-refractivity contribution in [3.8, 4) is 0 Å². The van der Waals surface area contributed by atoms with Crippen LogP contribution in [0.25, 0.3) is 0 Å². The SMILES string of the molecule is CCc1ccc(C2(c3ccc(CC)cc3)C[C@@H]2C(=O)Nc2ccccc2Cl)cc1. The topological polar surface area (TPSA) is 29.1 Å². The molecule has 1 N–H and O–H groups in total. The van der Waals surface area contributed by atoms with Crippen molar-refractivity contribution in [1.82, 2.24) is 0 Å². The van der Waals surface area contributed by atoms with Crippen molar-refractivity contribution in [2.24, 2.45) is 5.92 Å². The van der Waals surface area contributed by atoms with Crippen molar-refractivity contribution < 1.29 is 4.79 Å². The number of amides is 1. The van der Waals surface area contributed by atoms with E-state index in [1.807, 2.05) is 18.2 Å². The molecule has 3 aromatic carbocycles. The number of hydrogen-bond acceptors (Lipinski definition) is 1. The summed E-state index contributed by atoms with van der Waals surface area (Å²) in [5.74, 6) is -0.0871. The minimum atomic E-state index is -0.274. The van der Waals surface area contributed by atoms with Gasteiger partial charge in [0.25, 0.3) is 0 Å². The van der Waals surface area contributed by atoms with Crippen LogP contribution in [0.2, 0.25) is 5.02 Å². The van der Waals surface area contributed by atoms with E-state index in [2.05, 4.69) is 67.7 Å². The molecular weight excluding hydrogens is 378 g/mol. The molecule has 0 aromatic heterocycles. The molecule has 0 spiro atoms. The van der Waals surface area contributed by atoms with E-state index in [0.29, 0.717) is 10.7 Å².